The number of benzene rings is 1. The molecule has 0 saturated carbocycles. The predicted molar refractivity (Wildman–Crippen MR) is 115 cm³/mol. The number of aromatic nitrogens is 6. The van der Waals surface area contributed by atoms with Crippen LogP contribution in [0.5, 0.6) is 0 Å². The molecule has 1 aromatic carbocycles. The molecule has 4 heterocycles. The summed E-state index contributed by atoms with van der Waals surface area (Å²) in [7, 11) is 1.89. The van der Waals surface area contributed by atoms with Crippen LogP contribution in [0.4, 0.5) is 0 Å². The molecular weight excluding hydrogens is 410 g/mol. The van der Waals surface area contributed by atoms with Crippen LogP contribution in [0.3, 0.4) is 0 Å². The van der Waals surface area contributed by atoms with Crippen LogP contribution in [0.15, 0.2) is 61.4 Å². The first-order valence-corrected chi connectivity index (χ1v) is 10.0. The van der Waals surface area contributed by atoms with Crippen molar-refractivity contribution in [2.75, 3.05) is 6.54 Å². The van der Waals surface area contributed by atoms with E-state index in [1.165, 1.54) is 0 Å². The van der Waals surface area contributed by atoms with Gasteiger partial charge in [-0.05, 0) is 5.56 Å². The Morgan fingerprint density at radius 2 is 2.00 bits per heavy atom. The van der Waals surface area contributed by atoms with Gasteiger partial charge in [0.05, 0.1) is 48.8 Å². The second-order valence-electron chi connectivity index (χ2n) is 7.47. The third-order valence-electron chi connectivity index (χ3n) is 5.32. The number of imidazole rings is 1. The van der Waals surface area contributed by atoms with Gasteiger partial charge in [-0.15, -0.1) is 0 Å². The molecule has 164 valence electrons. The van der Waals surface area contributed by atoms with E-state index >= 15 is 0 Å². The van der Waals surface area contributed by atoms with Gasteiger partial charge in [0.25, 0.3) is 12.4 Å². The van der Waals surface area contributed by atoms with Crippen molar-refractivity contribution < 1.29 is 14.7 Å². The molecule has 0 aliphatic carbocycles. The standard InChI is InChI=1S/C21H21N7O.CH2O2/c1-26-10-16(7-24-26)18-12-27(13-19-20(18)23-14-22-19)21(29)17-8-25-28(11-17)9-15-5-3-2-4-6-15;2-1-3/h2-8,10-11,14,18H,9,12-13H2,1H3,(H,22,23);1H,(H,2,3). The minimum Gasteiger partial charge on any atom is -0.483 e. The average Bonchev–Trinajstić information content (AvgIpc) is 3.55. The zero-order valence-electron chi connectivity index (χ0n) is 17.5. The number of H-pyrrole nitrogens is 1. The normalized spacial score (nSPS) is 14.9. The zero-order valence-corrected chi connectivity index (χ0v) is 17.5. The number of rotatable bonds is 4. The van der Waals surface area contributed by atoms with Crippen LogP contribution in [0.2, 0.25) is 0 Å². The van der Waals surface area contributed by atoms with Gasteiger partial charge in [-0.1, -0.05) is 30.3 Å². The van der Waals surface area contributed by atoms with Gasteiger partial charge >= 0.3 is 0 Å². The van der Waals surface area contributed by atoms with Crippen molar-refractivity contribution in [2.45, 2.75) is 19.0 Å². The van der Waals surface area contributed by atoms with E-state index in [0.717, 1.165) is 22.5 Å². The lowest BCUT2D eigenvalue weighted by Crippen LogP contribution is -2.38. The smallest absolute Gasteiger partial charge is 0.290 e. The van der Waals surface area contributed by atoms with Crippen LogP contribution in [0, 0.1) is 0 Å². The minimum atomic E-state index is -0.250. The SMILES string of the molecule is Cn1cc(C2CN(C(=O)c3cnn(Cc4ccccc4)c3)Cc3[nH]cnc32)cn1.O=CO. The molecule has 3 aromatic heterocycles. The lowest BCUT2D eigenvalue weighted by Gasteiger charge is -2.31. The molecule has 1 unspecified atom stereocenters. The van der Waals surface area contributed by atoms with E-state index in [0.29, 0.717) is 25.2 Å². The van der Waals surface area contributed by atoms with Crippen molar-refractivity contribution in [3.8, 4) is 0 Å². The molecule has 1 aliphatic heterocycles. The second kappa shape index (κ2) is 9.29. The summed E-state index contributed by atoms with van der Waals surface area (Å²) >= 11 is 0. The Morgan fingerprint density at radius 3 is 2.72 bits per heavy atom. The van der Waals surface area contributed by atoms with Crippen molar-refractivity contribution in [1.82, 2.24) is 34.4 Å². The molecule has 2 N–H and O–H groups in total. The number of hydrogen-bond donors (Lipinski definition) is 2. The van der Waals surface area contributed by atoms with E-state index in [1.807, 2.05) is 60.9 Å². The zero-order chi connectivity index (χ0) is 22.5. The first-order chi connectivity index (χ1) is 15.6. The van der Waals surface area contributed by atoms with Crippen LogP contribution in [-0.4, -0.2) is 58.5 Å². The highest BCUT2D eigenvalue weighted by molar-refractivity contribution is 5.94. The van der Waals surface area contributed by atoms with Crippen LogP contribution < -0.4 is 0 Å². The van der Waals surface area contributed by atoms with Gasteiger partial charge in [-0.3, -0.25) is 19.0 Å². The van der Waals surface area contributed by atoms with Gasteiger partial charge in [0.15, 0.2) is 0 Å². The topological polar surface area (TPSA) is 122 Å². The molecule has 10 nitrogen and oxygen atoms in total. The number of nitrogens with zero attached hydrogens (tertiary/aromatic N) is 6. The fourth-order valence-corrected chi connectivity index (χ4v) is 3.87. The van der Waals surface area contributed by atoms with Gasteiger partial charge in [0.2, 0.25) is 0 Å². The van der Waals surface area contributed by atoms with E-state index in [1.54, 1.807) is 21.9 Å². The highest BCUT2D eigenvalue weighted by atomic mass is 16.3. The number of amides is 1. The van der Waals surface area contributed by atoms with E-state index < -0.39 is 0 Å². The fraction of sp³-hybridized carbons (Fsp3) is 0.227. The summed E-state index contributed by atoms with van der Waals surface area (Å²) in [4.78, 5) is 31.1. The van der Waals surface area contributed by atoms with E-state index in [2.05, 4.69) is 20.2 Å². The van der Waals surface area contributed by atoms with E-state index in [-0.39, 0.29) is 18.3 Å². The Labute approximate surface area is 184 Å². The van der Waals surface area contributed by atoms with Gasteiger partial charge in [0.1, 0.15) is 0 Å². The maximum Gasteiger partial charge on any atom is 0.290 e. The number of aromatic amines is 1. The van der Waals surface area contributed by atoms with Crippen LogP contribution in [-0.2, 0) is 24.9 Å². The number of aryl methyl sites for hydroxylation is 1. The summed E-state index contributed by atoms with van der Waals surface area (Å²) in [5.41, 5.74) is 4.75. The third-order valence-corrected chi connectivity index (χ3v) is 5.32. The molecule has 1 atom stereocenters. The van der Waals surface area contributed by atoms with E-state index in [4.69, 9.17) is 9.90 Å². The van der Waals surface area contributed by atoms with Crippen molar-refractivity contribution in [1.29, 1.82) is 0 Å². The summed E-state index contributed by atoms with van der Waals surface area (Å²) in [5, 5.41) is 15.5. The number of hydrogen-bond acceptors (Lipinski definition) is 5. The maximum atomic E-state index is 13.2. The molecule has 32 heavy (non-hydrogen) atoms. The first kappa shape index (κ1) is 21.0. The van der Waals surface area contributed by atoms with Gasteiger partial charge in [-0.25, -0.2) is 4.98 Å². The quantitative estimate of drug-likeness (QED) is 0.474. The Bertz CT molecular complexity index is 1200. The van der Waals surface area contributed by atoms with Crippen molar-refractivity contribution in [2.24, 2.45) is 7.05 Å². The fourth-order valence-electron chi connectivity index (χ4n) is 3.87. The van der Waals surface area contributed by atoms with Crippen molar-refractivity contribution in [3.05, 3.63) is 89.5 Å². The van der Waals surface area contributed by atoms with Crippen molar-refractivity contribution in [3.63, 3.8) is 0 Å². The molecular formula is C22H23N7O3. The Balaban J connectivity index is 0.000000775. The number of nitrogens with one attached hydrogen (secondary N) is 1. The lowest BCUT2D eigenvalue weighted by molar-refractivity contribution is -0.122. The van der Waals surface area contributed by atoms with E-state index in [9.17, 15) is 4.79 Å². The maximum absolute atomic E-state index is 13.2. The Morgan fingerprint density at radius 1 is 1.22 bits per heavy atom. The highest BCUT2D eigenvalue weighted by Crippen LogP contribution is 2.31. The molecule has 0 bridgehead atoms. The molecule has 1 aliphatic rings. The minimum absolute atomic E-state index is 0.00186. The summed E-state index contributed by atoms with van der Waals surface area (Å²) in [6.07, 6.45) is 8.98. The Hall–Kier alpha value is -4.21. The highest BCUT2D eigenvalue weighted by Gasteiger charge is 2.32. The second-order valence-corrected chi connectivity index (χ2v) is 7.47. The first-order valence-electron chi connectivity index (χ1n) is 10.0. The largest absolute Gasteiger partial charge is 0.483 e. The number of carbonyl (C=O) groups is 2. The number of carboxylic acid groups (broad SMARTS) is 1. The molecule has 1 amide bonds. The van der Waals surface area contributed by atoms with Gasteiger partial charge < -0.3 is 15.0 Å². The summed E-state index contributed by atoms with van der Waals surface area (Å²) in [6.45, 7) is 1.46. The monoisotopic (exact) mass is 433 g/mol. The van der Waals surface area contributed by atoms with Gasteiger partial charge in [0, 0.05) is 37.5 Å². The summed E-state index contributed by atoms with van der Waals surface area (Å²) in [6, 6.07) is 10.1. The average molecular weight is 433 g/mol. The molecule has 0 radical (unpaired) electrons. The third kappa shape index (κ3) is 4.43. The number of fused-ring (bicyclic) bond motifs is 1. The molecule has 5 rings (SSSR count). The summed E-state index contributed by atoms with van der Waals surface area (Å²) < 4.78 is 3.57. The molecule has 4 aromatic rings. The van der Waals surface area contributed by atoms with Gasteiger partial charge in [-0.2, -0.15) is 10.2 Å². The molecule has 0 fully saturated rings. The molecule has 0 spiro atoms. The van der Waals surface area contributed by atoms with Crippen LogP contribution in [0.25, 0.3) is 0 Å². The van der Waals surface area contributed by atoms with Crippen molar-refractivity contribution >= 4 is 12.4 Å². The van der Waals surface area contributed by atoms with Crippen LogP contribution in [0.1, 0.15) is 38.8 Å². The Kier molecular flexibility index (Phi) is 6.11. The predicted octanol–water partition coefficient (Wildman–Crippen LogP) is 1.88. The summed E-state index contributed by atoms with van der Waals surface area (Å²) in [5.74, 6) is -0.0273. The molecule has 0 saturated heterocycles. The van der Waals surface area contributed by atoms with Crippen LogP contribution >= 0.6 is 0 Å². The number of carbonyl (C=O) groups excluding carboxylic acids is 1. The molecule has 10 heteroatoms. The lowest BCUT2D eigenvalue weighted by atomic mass is 9.93.